The zero-order valence-corrected chi connectivity index (χ0v) is 9.01. The lowest BCUT2D eigenvalue weighted by Crippen LogP contribution is -2.39. The van der Waals surface area contributed by atoms with Crippen LogP contribution >= 0.6 is 0 Å². The second-order valence-electron chi connectivity index (χ2n) is 3.55. The molecule has 0 heterocycles. The van der Waals surface area contributed by atoms with Gasteiger partial charge in [-0.3, -0.25) is 0 Å². The van der Waals surface area contributed by atoms with Gasteiger partial charge in [-0.2, -0.15) is 0 Å². The summed E-state index contributed by atoms with van der Waals surface area (Å²) in [6.07, 6.45) is 4.09. The molecule has 3 heteroatoms. The summed E-state index contributed by atoms with van der Waals surface area (Å²) in [7, 11) is 3.20. The van der Waals surface area contributed by atoms with Crippen molar-refractivity contribution in [3.8, 4) is 0 Å². The second kappa shape index (κ2) is 7.30. The van der Waals surface area contributed by atoms with E-state index in [1.807, 2.05) is 0 Å². The molecule has 0 aromatic rings. The van der Waals surface area contributed by atoms with Crippen LogP contribution in [0.3, 0.4) is 0 Å². The first-order valence-corrected chi connectivity index (χ1v) is 4.89. The Kier molecular flexibility index (Phi) is 7.23. The number of hydrogen-bond donors (Lipinski definition) is 1. The van der Waals surface area contributed by atoms with E-state index in [2.05, 4.69) is 6.92 Å². The molecule has 0 radical (unpaired) electrons. The summed E-state index contributed by atoms with van der Waals surface area (Å²) in [5, 5.41) is 9.99. The number of unbranched alkanes of at least 4 members (excludes halogenated alkanes) is 2. The van der Waals surface area contributed by atoms with Gasteiger partial charge in [-0.25, -0.2) is 0 Å². The fourth-order valence-electron chi connectivity index (χ4n) is 1.43. The van der Waals surface area contributed by atoms with Crippen molar-refractivity contribution in [2.45, 2.75) is 38.2 Å². The van der Waals surface area contributed by atoms with Crippen molar-refractivity contribution in [3.63, 3.8) is 0 Å². The Morgan fingerprint density at radius 1 is 1.08 bits per heavy atom. The Balaban J connectivity index is 3.76. The van der Waals surface area contributed by atoms with E-state index in [1.54, 1.807) is 14.2 Å². The van der Waals surface area contributed by atoms with E-state index in [-0.39, 0.29) is 0 Å². The summed E-state index contributed by atoms with van der Waals surface area (Å²) in [5.41, 5.74) is -0.793. The van der Waals surface area contributed by atoms with Crippen molar-refractivity contribution in [2.24, 2.45) is 0 Å². The molecule has 3 nitrogen and oxygen atoms in total. The number of aliphatic hydroxyl groups is 1. The zero-order valence-electron chi connectivity index (χ0n) is 9.01. The van der Waals surface area contributed by atoms with E-state index in [0.717, 1.165) is 25.7 Å². The van der Waals surface area contributed by atoms with E-state index in [1.165, 1.54) is 0 Å². The van der Waals surface area contributed by atoms with Gasteiger partial charge in [0.15, 0.2) is 0 Å². The highest BCUT2D eigenvalue weighted by atomic mass is 16.5. The quantitative estimate of drug-likeness (QED) is 0.591. The van der Waals surface area contributed by atoms with Gasteiger partial charge in [-0.15, -0.1) is 0 Å². The summed E-state index contributed by atoms with van der Waals surface area (Å²) in [6, 6.07) is 0. The number of hydrogen-bond acceptors (Lipinski definition) is 3. The summed E-state index contributed by atoms with van der Waals surface area (Å²) >= 11 is 0. The molecular formula is C10H22O3. The van der Waals surface area contributed by atoms with E-state index < -0.39 is 5.60 Å². The van der Waals surface area contributed by atoms with E-state index in [9.17, 15) is 5.11 Å². The minimum Gasteiger partial charge on any atom is -0.385 e. The van der Waals surface area contributed by atoms with Crippen LogP contribution in [-0.4, -0.2) is 38.1 Å². The minimum atomic E-state index is -0.793. The monoisotopic (exact) mass is 190 g/mol. The van der Waals surface area contributed by atoms with Gasteiger partial charge in [0.25, 0.3) is 0 Å². The standard InChI is InChI=1S/C10H22O3/c1-4-5-6-7-10(11,8-12-2)9-13-3/h11H,4-9H2,1-3H3. The molecule has 0 aliphatic rings. The second-order valence-corrected chi connectivity index (χ2v) is 3.55. The maximum atomic E-state index is 9.99. The average Bonchev–Trinajstić information content (AvgIpc) is 2.05. The predicted molar refractivity (Wildman–Crippen MR) is 52.8 cm³/mol. The molecule has 0 amide bonds. The molecule has 0 atom stereocenters. The molecule has 0 bridgehead atoms. The molecular weight excluding hydrogens is 168 g/mol. The van der Waals surface area contributed by atoms with Crippen molar-refractivity contribution < 1.29 is 14.6 Å². The van der Waals surface area contributed by atoms with Gasteiger partial charge in [0.2, 0.25) is 0 Å². The maximum absolute atomic E-state index is 9.99. The van der Waals surface area contributed by atoms with Crippen LogP contribution < -0.4 is 0 Å². The number of ether oxygens (including phenoxy) is 2. The minimum absolute atomic E-state index is 0.352. The van der Waals surface area contributed by atoms with Crippen LogP contribution in [0.1, 0.15) is 32.6 Å². The molecule has 0 aromatic heterocycles. The SMILES string of the molecule is CCCCCC(O)(COC)COC. The van der Waals surface area contributed by atoms with Crippen LogP contribution in [0.2, 0.25) is 0 Å². The van der Waals surface area contributed by atoms with Crippen molar-refractivity contribution >= 4 is 0 Å². The van der Waals surface area contributed by atoms with E-state index >= 15 is 0 Å². The lowest BCUT2D eigenvalue weighted by molar-refractivity contribution is -0.0830. The molecule has 1 N–H and O–H groups in total. The lowest BCUT2D eigenvalue weighted by Gasteiger charge is -2.26. The smallest absolute Gasteiger partial charge is 0.111 e. The van der Waals surface area contributed by atoms with Crippen LogP contribution in [0, 0.1) is 0 Å². The Morgan fingerprint density at radius 3 is 2.00 bits per heavy atom. The molecule has 0 unspecified atom stereocenters. The average molecular weight is 190 g/mol. The first-order valence-electron chi connectivity index (χ1n) is 4.89. The van der Waals surface area contributed by atoms with Crippen LogP contribution in [0.5, 0.6) is 0 Å². The molecule has 0 saturated heterocycles. The third-order valence-electron chi connectivity index (χ3n) is 2.07. The normalized spacial score (nSPS) is 12.0. The summed E-state index contributed by atoms with van der Waals surface area (Å²) in [6.45, 7) is 2.85. The Hall–Kier alpha value is -0.120. The third-order valence-corrected chi connectivity index (χ3v) is 2.07. The number of rotatable bonds is 8. The largest absolute Gasteiger partial charge is 0.385 e. The summed E-state index contributed by atoms with van der Waals surface area (Å²) in [4.78, 5) is 0. The van der Waals surface area contributed by atoms with Crippen LogP contribution in [0.25, 0.3) is 0 Å². The van der Waals surface area contributed by atoms with Gasteiger partial charge in [0.1, 0.15) is 5.60 Å². The van der Waals surface area contributed by atoms with Gasteiger partial charge < -0.3 is 14.6 Å². The molecule has 80 valence electrons. The predicted octanol–water partition coefficient (Wildman–Crippen LogP) is 1.59. The number of methoxy groups -OCH3 is 2. The Morgan fingerprint density at radius 2 is 1.62 bits per heavy atom. The topological polar surface area (TPSA) is 38.7 Å². The molecule has 0 spiro atoms. The van der Waals surface area contributed by atoms with Gasteiger partial charge in [0, 0.05) is 14.2 Å². The van der Waals surface area contributed by atoms with Crippen molar-refractivity contribution in [3.05, 3.63) is 0 Å². The first-order chi connectivity index (χ1) is 6.18. The Bertz CT molecular complexity index is 109. The van der Waals surface area contributed by atoms with Crippen LogP contribution in [0.15, 0.2) is 0 Å². The zero-order chi connectivity index (χ0) is 10.2. The fourth-order valence-corrected chi connectivity index (χ4v) is 1.43. The van der Waals surface area contributed by atoms with Gasteiger partial charge in [0.05, 0.1) is 13.2 Å². The van der Waals surface area contributed by atoms with E-state index in [0.29, 0.717) is 13.2 Å². The third kappa shape index (κ3) is 6.02. The van der Waals surface area contributed by atoms with Gasteiger partial charge in [-0.1, -0.05) is 26.2 Å². The summed E-state index contributed by atoms with van der Waals surface area (Å²) in [5.74, 6) is 0. The highest BCUT2D eigenvalue weighted by Gasteiger charge is 2.25. The van der Waals surface area contributed by atoms with Gasteiger partial charge >= 0.3 is 0 Å². The van der Waals surface area contributed by atoms with Crippen molar-refractivity contribution in [1.29, 1.82) is 0 Å². The summed E-state index contributed by atoms with van der Waals surface area (Å²) < 4.78 is 9.92. The highest BCUT2D eigenvalue weighted by molar-refractivity contribution is 4.77. The molecule has 0 saturated carbocycles. The first kappa shape index (κ1) is 12.9. The van der Waals surface area contributed by atoms with Crippen LogP contribution in [0.4, 0.5) is 0 Å². The molecule has 0 aliphatic heterocycles. The van der Waals surface area contributed by atoms with E-state index in [4.69, 9.17) is 9.47 Å². The fraction of sp³-hybridized carbons (Fsp3) is 1.00. The van der Waals surface area contributed by atoms with Crippen molar-refractivity contribution in [2.75, 3.05) is 27.4 Å². The van der Waals surface area contributed by atoms with Gasteiger partial charge in [-0.05, 0) is 6.42 Å². The molecule has 0 aliphatic carbocycles. The Labute approximate surface area is 81.0 Å². The van der Waals surface area contributed by atoms with Crippen molar-refractivity contribution in [1.82, 2.24) is 0 Å². The molecule has 0 rings (SSSR count). The lowest BCUT2D eigenvalue weighted by atomic mass is 9.98. The highest BCUT2D eigenvalue weighted by Crippen LogP contribution is 2.15. The molecule has 0 aromatic carbocycles. The van der Waals surface area contributed by atoms with Crippen LogP contribution in [-0.2, 0) is 9.47 Å². The molecule has 13 heavy (non-hydrogen) atoms. The molecule has 0 fully saturated rings. The maximum Gasteiger partial charge on any atom is 0.111 e.